The van der Waals surface area contributed by atoms with Gasteiger partial charge in [0.25, 0.3) is 5.91 Å². The Morgan fingerprint density at radius 1 is 0.828 bits per heavy atom. The van der Waals surface area contributed by atoms with E-state index in [4.69, 9.17) is 0 Å². The molecule has 0 aliphatic carbocycles. The molecule has 4 heteroatoms. The van der Waals surface area contributed by atoms with Crippen molar-refractivity contribution in [2.45, 2.75) is 19.0 Å². The standard InChI is InChI=1S/C25H23N3O/c1-19(20-11-5-2-6-12-20)28-25(29)23(17-26)18-27-24(21-13-7-3-8-14-21)22-15-9-4-10-16-22/h2-16,18-19,24,27H,1H3,(H,28,29)/b23-18-. The van der Waals surface area contributed by atoms with Gasteiger partial charge in [0, 0.05) is 6.20 Å². The van der Waals surface area contributed by atoms with E-state index in [1.54, 1.807) is 0 Å². The average Bonchev–Trinajstić information content (AvgIpc) is 2.78. The fourth-order valence-electron chi connectivity index (χ4n) is 3.09. The molecule has 0 aromatic heterocycles. The Morgan fingerprint density at radius 2 is 1.28 bits per heavy atom. The van der Waals surface area contributed by atoms with Gasteiger partial charge in [-0.15, -0.1) is 0 Å². The molecular formula is C25H23N3O. The largest absolute Gasteiger partial charge is 0.379 e. The number of nitrogens with zero attached hydrogens (tertiary/aromatic N) is 1. The van der Waals surface area contributed by atoms with Crippen LogP contribution >= 0.6 is 0 Å². The van der Waals surface area contributed by atoms with Crippen molar-refractivity contribution in [2.24, 2.45) is 0 Å². The lowest BCUT2D eigenvalue weighted by Gasteiger charge is -2.19. The lowest BCUT2D eigenvalue weighted by molar-refractivity contribution is -0.117. The summed E-state index contributed by atoms with van der Waals surface area (Å²) in [5.74, 6) is -0.406. The maximum Gasteiger partial charge on any atom is 0.263 e. The first-order chi connectivity index (χ1) is 14.2. The first kappa shape index (κ1) is 19.9. The molecule has 29 heavy (non-hydrogen) atoms. The second-order valence-corrected chi connectivity index (χ2v) is 6.70. The Kier molecular flexibility index (Phi) is 6.80. The Morgan fingerprint density at radius 3 is 1.72 bits per heavy atom. The lowest BCUT2D eigenvalue weighted by Crippen LogP contribution is -2.29. The normalized spacial score (nSPS) is 12.1. The molecule has 3 rings (SSSR count). The van der Waals surface area contributed by atoms with Gasteiger partial charge in [-0.05, 0) is 23.6 Å². The minimum atomic E-state index is -0.406. The van der Waals surface area contributed by atoms with Crippen LogP contribution in [0.5, 0.6) is 0 Å². The van der Waals surface area contributed by atoms with Gasteiger partial charge >= 0.3 is 0 Å². The molecule has 0 spiro atoms. The number of hydrogen-bond acceptors (Lipinski definition) is 3. The molecule has 0 aliphatic rings. The average molecular weight is 381 g/mol. The van der Waals surface area contributed by atoms with Gasteiger partial charge in [-0.3, -0.25) is 4.79 Å². The van der Waals surface area contributed by atoms with E-state index in [1.165, 1.54) is 6.20 Å². The smallest absolute Gasteiger partial charge is 0.263 e. The first-order valence-corrected chi connectivity index (χ1v) is 9.51. The van der Waals surface area contributed by atoms with Crippen LogP contribution in [0.2, 0.25) is 0 Å². The SMILES string of the molecule is CC(NC(=O)/C(C#N)=C\NC(c1ccccc1)c1ccccc1)c1ccccc1. The molecule has 1 amide bonds. The van der Waals surface area contributed by atoms with Crippen molar-refractivity contribution in [3.8, 4) is 6.07 Å². The highest BCUT2D eigenvalue weighted by Crippen LogP contribution is 2.22. The van der Waals surface area contributed by atoms with Crippen LogP contribution in [0.4, 0.5) is 0 Å². The molecule has 0 saturated carbocycles. The van der Waals surface area contributed by atoms with Crippen LogP contribution in [0.3, 0.4) is 0 Å². The predicted molar refractivity (Wildman–Crippen MR) is 115 cm³/mol. The summed E-state index contributed by atoms with van der Waals surface area (Å²) >= 11 is 0. The summed E-state index contributed by atoms with van der Waals surface area (Å²) in [4.78, 5) is 12.6. The van der Waals surface area contributed by atoms with Crippen molar-refractivity contribution in [3.05, 3.63) is 119 Å². The summed E-state index contributed by atoms with van der Waals surface area (Å²) in [5, 5.41) is 15.6. The molecular weight excluding hydrogens is 358 g/mol. The fraction of sp³-hybridized carbons (Fsp3) is 0.120. The highest BCUT2D eigenvalue weighted by atomic mass is 16.1. The molecule has 0 fully saturated rings. The van der Waals surface area contributed by atoms with Gasteiger partial charge in [-0.2, -0.15) is 5.26 Å². The zero-order valence-electron chi connectivity index (χ0n) is 16.2. The number of benzene rings is 3. The van der Waals surface area contributed by atoms with E-state index in [0.29, 0.717) is 0 Å². The van der Waals surface area contributed by atoms with E-state index in [2.05, 4.69) is 10.6 Å². The van der Waals surface area contributed by atoms with Crippen LogP contribution in [0, 0.1) is 11.3 Å². The third-order valence-corrected chi connectivity index (χ3v) is 4.67. The van der Waals surface area contributed by atoms with E-state index >= 15 is 0 Å². The van der Waals surface area contributed by atoms with Crippen LogP contribution in [0.25, 0.3) is 0 Å². The quantitative estimate of drug-likeness (QED) is 0.462. The fourth-order valence-corrected chi connectivity index (χ4v) is 3.09. The monoisotopic (exact) mass is 381 g/mol. The van der Waals surface area contributed by atoms with Gasteiger partial charge in [0.05, 0.1) is 12.1 Å². The van der Waals surface area contributed by atoms with Crippen LogP contribution in [0.15, 0.2) is 103 Å². The Hall–Kier alpha value is -3.84. The van der Waals surface area contributed by atoms with E-state index in [1.807, 2.05) is 104 Å². The maximum atomic E-state index is 12.6. The molecule has 3 aromatic carbocycles. The zero-order chi connectivity index (χ0) is 20.5. The Balaban J connectivity index is 1.78. The Labute approximate surface area is 171 Å². The third kappa shape index (κ3) is 5.33. The number of nitrogens with one attached hydrogen (secondary N) is 2. The Bertz CT molecular complexity index is 953. The van der Waals surface area contributed by atoms with Gasteiger partial charge < -0.3 is 10.6 Å². The molecule has 1 atom stereocenters. The van der Waals surface area contributed by atoms with E-state index in [0.717, 1.165) is 16.7 Å². The number of rotatable bonds is 7. The predicted octanol–water partition coefficient (Wildman–Crippen LogP) is 4.65. The molecule has 0 saturated heterocycles. The first-order valence-electron chi connectivity index (χ1n) is 9.51. The van der Waals surface area contributed by atoms with Crippen LogP contribution in [-0.2, 0) is 4.79 Å². The summed E-state index contributed by atoms with van der Waals surface area (Å²) in [6.45, 7) is 1.90. The second kappa shape index (κ2) is 9.91. The molecule has 1 unspecified atom stereocenters. The van der Waals surface area contributed by atoms with Gasteiger partial charge in [0.15, 0.2) is 0 Å². The molecule has 0 bridgehead atoms. The highest BCUT2D eigenvalue weighted by molar-refractivity contribution is 5.97. The molecule has 2 N–H and O–H groups in total. The maximum absolute atomic E-state index is 12.6. The van der Waals surface area contributed by atoms with E-state index in [-0.39, 0.29) is 17.7 Å². The number of amides is 1. The van der Waals surface area contributed by atoms with Crippen LogP contribution < -0.4 is 10.6 Å². The topological polar surface area (TPSA) is 64.9 Å². The summed E-state index contributed by atoms with van der Waals surface area (Å²) in [7, 11) is 0. The molecule has 4 nitrogen and oxygen atoms in total. The summed E-state index contributed by atoms with van der Waals surface area (Å²) < 4.78 is 0. The number of carbonyl (C=O) groups is 1. The number of hydrogen-bond donors (Lipinski definition) is 2. The molecule has 144 valence electrons. The number of nitriles is 1. The van der Waals surface area contributed by atoms with Crippen molar-refractivity contribution in [1.29, 1.82) is 5.26 Å². The van der Waals surface area contributed by atoms with Gasteiger partial charge in [0.2, 0.25) is 0 Å². The van der Waals surface area contributed by atoms with Crippen molar-refractivity contribution in [3.63, 3.8) is 0 Å². The lowest BCUT2D eigenvalue weighted by atomic mass is 9.99. The summed E-state index contributed by atoms with van der Waals surface area (Å²) in [6.07, 6.45) is 1.50. The van der Waals surface area contributed by atoms with E-state index in [9.17, 15) is 10.1 Å². The van der Waals surface area contributed by atoms with Crippen molar-refractivity contribution in [1.82, 2.24) is 10.6 Å². The summed E-state index contributed by atoms with van der Waals surface area (Å²) in [6, 6.07) is 31.2. The van der Waals surface area contributed by atoms with Crippen LogP contribution in [0.1, 0.15) is 35.7 Å². The van der Waals surface area contributed by atoms with Crippen molar-refractivity contribution in [2.75, 3.05) is 0 Å². The zero-order valence-corrected chi connectivity index (χ0v) is 16.2. The highest BCUT2D eigenvalue weighted by Gasteiger charge is 2.16. The molecule has 0 radical (unpaired) electrons. The van der Waals surface area contributed by atoms with Crippen molar-refractivity contribution < 1.29 is 4.79 Å². The molecule has 0 heterocycles. The summed E-state index contributed by atoms with van der Waals surface area (Å²) in [5.41, 5.74) is 3.11. The second-order valence-electron chi connectivity index (χ2n) is 6.70. The minimum absolute atomic E-state index is 0.0321. The van der Waals surface area contributed by atoms with Crippen molar-refractivity contribution >= 4 is 5.91 Å². The third-order valence-electron chi connectivity index (χ3n) is 4.67. The van der Waals surface area contributed by atoms with E-state index < -0.39 is 5.91 Å². The van der Waals surface area contributed by atoms with Gasteiger partial charge in [-0.25, -0.2) is 0 Å². The van der Waals surface area contributed by atoms with Gasteiger partial charge in [-0.1, -0.05) is 91.0 Å². The molecule has 0 aliphatic heterocycles. The number of carbonyl (C=O) groups excluding carboxylic acids is 1. The van der Waals surface area contributed by atoms with Crippen LogP contribution in [-0.4, -0.2) is 5.91 Å². The van der Waals surface area contributed by atoms with Gasteiger partial charge in [0.1, 0.15) is 11.6 Å². The minimum Gasteiger partial charge on any atom is -0.379 e. The molecule has 3 aromatic rings.